The summed E-state index contributed by atoms with van der Waals surface area (Å²) >= 11 is 0. The van der Waals surface area contributed by atoms with Crippen molar-refractivity contribution in [3.8, 4) is 0 Å². The number of amides is 2. The Bertz CT molecular complexity index is 796. The van der Waals surface area contributed by atoms with E-state index < -0.39 is 5.97 Å². The number of methoxy groups -OCH3 is 1. The zero-order chi connectivity index (χ0) is 26.2. The Kier molecular flexibility index (Phi) is 10.7. The summed E-state index contributed by atoms with van der Waals surface area (Å²) in [5.74, 6) is -1.48. The van der Waals surface area contributed by atoms with E-state index in [1.165, 1.54) is 7.11 Å². The van der Waals surface area contributed by atoms with Crippen molar-refractivity contribution in [3.63, 3.8) is 0 Å². The van der Waals surface area contributed by atoms with Gasteiger partial charge in [0.05, 0.1) is 26.7 Å². The van der Waals surface area contributed by atoms with Gasteiger partial charge in [-0.1, -0.05) is 27.4 Å². The summed E-state index contributed by atoms with van der Waals surface area (Å²) in [4.78, 5) is 55.7. The largest absolute Gasteiger partial charge is 0.480 e. The van der Waals surface area contributed by atoms with Gasteiger partial charge in [-0.05, 0) is 11.8 Å². The monoisotopic (exact) mass is 495 g/mol. The summed E-state index contributed by atoms with van der Waals surface area (Å²) in [5, 5.41) is 12.1. The second kappa shape index (κ2) is 13.0. The molecular weight excluding hydrogens is 454 g/mol. The van der Waals surface area contributed by atoms with Crippen LogP contribution in [0.1, 0.15) is 27.2 Å². The van der Waals surface area contributed by atoms with E-state index in [-0.39, 0.29) is 48.8 Å². The molecule has 2 heterocycles. The fourth-order valence-corrected chi connectivity index (χ4v) is 4.38. The Labute approximate surface area is 208 Å². The molecule has 2 amide bonds. The third-order valence-corrected chi connectivity index (χ3v) is 6.59. The summed E-state index contributed by atoms with van der Waals surface area (Å²) < 4.78 is 4.77. The molecule has 0 aliphatic carbocycles. The number of aliphatic carboxylic acids is 1. The summed E-state index contributed by atoms with van der Waals surface area (Å²) in [6.45, 7) is 14.2. The van der Waals surface area contributed by atoms with Crippen molar-refractivity contribution in [3.05, 3.63) is 12.3 Å². The topological polar surface area (TPSA) is 123 Å². The number of likely N-dealkylation sites (tertiary alicyclic amines) is 1. The van der Waals surface area contributed by atoms with Gasteiger partial charge in [-0.15, -0.1) is 0 Å². The standard InChI is InChI=1S/C24H41N5O6/c1-18-14-19(24(2,3)4)23(34)29(18)7-6-25-20(30)15-26-8-10-27(16-21(31)32)11-13-28(12-9-26)17-22(33)35-5/h19H,1,6-17H2,2-5H3,(H,25,30)(H,31,32). The number of carbonyl (C=O) groups is 4. The molecule has 0 bridgehead atoms. The van der Waals surface area contributed by atoms with E-state index >= 15 is 0 Å². The average molecular weight is 496 g/mol. The van der Waals surface area contributed by atoms with Gasteiger partial charge < -0.3 is 20.1 Å². The highest BCUT2D eigenvalue weighted by molar-refractivity contribution is 5.84. The van der Waals surface area contributed by atoms with Crippen molar-refractivity contribution in [2.75, 3.05) is 79.1 Å². The van der Waals surface area contributed by atoms with Crippen LogP contribution in [0.25, 0.3) is 0 Å². The molecule has 0 radical (unpaired) electrons. The molecule has 1 atom stereocenters. The maximum atomic E-state index is 12.8. The number of nitrogens with one attached hydrogen (secondary N) is 1. The van der Waals surface area contributed by atoms with Crippen LogP contribution in [0.2, 0.25) is 0 Å². The Morgan fingerprint density at radius 3 is 1.97 bits per heavy atom. The number of hydrogen-bond acceptors (Lipinski definition) is 8. The van der Waals surface area contributed by atoms with Crippen LogP contribution in [0.5, 0.6) is 0 Å². The lowest BCUT2D eigenvalue weighted by Gasteiger charge is -2.26. The second-order valence-corrected chi connectivity index (χ2v) is 10.3. The first-order valence-corrected chi connectivity index (χ1v) is 12.1. The van der Waals surface area contributed by atoms with Crippen molar-refractivity contribution in [1.29, 1.82) is 0 Å². The summed E-state index contributed by atoms with van der Waals surface area (Å²) in [5.41, 5.74) is 0.645. The average Bonchev–Trinajstić information content (AvgIpc) is 3.09. The molecule has 198 valence electrons. The van der Waals surface area contributed by atoms with Gasteiger partial charge in [0.2, 0.25) is 11.8 Å². The normalized spacial score (nSPS) is 21.4. The molecule has 11 heteroatoms. The van der Waals surface area contributed by atoms with E-state index in [1.807, 2.05) is 30.6 Å². The first-order valence-electron chi connectivity index (χ1n) is 12.1. The molecule has 2 fully saturated rings. The number of hydrogen-bond donors (Lipinski definition) is 2. The van der Waals surface area contributed by atoms with Gasteiger partial charge in [0, 0.05) is 64.0 Å². The maximum absolute atomic E-state index is 12.8. The third kappa shape index (κ3) is 9.23. The first-order chi connectivity index (χ1) is 16.4. The van der Waals surface area contributed by atoms with Crippen LogP contribution in [0.3, 0.4) is 0 Å². The SMILES string of the molecule is C=C1CC(C(C)(C)C)C(=O)N1CCNC(=O)CN1CCN(CC(=O)O)CCN(CC(=O)OC)CC1. The van der Waals surface area contributed by atoms with Gasteiger partial charge in [0.15, 0.2) is 0 Å². The molecule has 2 aliphatic heterocycles. The van der Waals surface area contributed by atoms with E-state index in [4.69, 9.17) is 4.74 Å². The van der Waals surface area contributed by atoms with Gasteiger partial charge in [-0.2, -0.15) is 0 Å². The number of ether oxygens (including phenoxy) is 1. The molecule has 0 aromatic carbocycles. The van der Waals surface area contributed by atoms with Crippen molar-refractivity contribution < 1.29 is 29.0 Å². The number of nitrogens with zero attached hydrogens (tertiary/aromatic N) is 4. The van der Waals surface area contributed by atoms with E-state index in [9.17, 15) is 24.3 Å². The number of carbonyl (C=O) groups excluding carboxylic acids is 3. The van der Waals surface area contributed by atoms with Gasteiger partial charge in [-0.25, -0.2) is 0 Å². The van der Waals surface area contributed by atoms with Crippen LogP contribution < -0.4 is 5.32 Å². The quantitative estimate of drug-likeness (QED) is 0.415. The molecular formula is C24H41N5O6. The number of esters is 1. The third-order valence-electron chi connectivity index (χ3n) is 6.59. The van der Waals surface area contributed by atoms with E-state index in [0.717, 1.165) is 5.70 Å². The highest BCUT2D eigenvalue weighted by Crippen LogP contribution is 2.38. The minimum absolute atomic E-state index is 0.0565. The molecule has 0 aromatic heterocycles. The number of rotatable bonds is 9. The van der Waals surface area contributed by atoms with Crippen LogP contribution in [-0.2, 0) is 23.9 Å². The van der Waals surface area contributed by atoms with E-state index in [0.29, 0.717) is 58.8 Å². The van der Waals surface area contributed by atoms with Gasteiger partial charge in [-0.3, -0.25) is 33.9 Å². The highest BCUT2D eigenvalue weighted by Gasteiger charge is 2.41. The van der Waals surface area contributed by atoms with Gasteiger partial charge in [0.1, 0.15) is 0 Å². The summed E-state index contributed by atoms with van der Waals surface area (Å²) in [6.07, 6.45) is 0.638. The Hall–Kier alpha value is -2.50. The molecule has 0 saturated carbocycles. The zero-order valence-corrected chi connectivity index (χ0v) is 21.5. The van der Waals surface area contributed by atoms with E-state index in [1.54, 1.807) is 9.80 Å². The lowest BCUT2D eigenvalue weighted by atomic mass is 9.79. The van der Waals surface area contributed by atoms with Crippen molar-refractivity contribution in [2.45, 2.75) is 27.2 Å². The number of carboxylic acids is 1. The van der Waals surface area contributed by atoms with Crippen molar-refractivity contribution in [2.24, 2.45) is 11.3 Å². The minimum atomic E-state index is -0.917. The predicted octanol–water partition coefficient (Wildman–Crippen LogP) is -0.312. The van der Waals surface area contributed by atoms with Crippen LogP contribution in [-0.4, -0.2) is 128 Å². The molecule has 2 saturated heterocycles. The molecule has 0 aromatic rings. The maximum Gasteiger partial charge on any atom is 0.319 e. The predicted molar refractivity (Wildman–Crippen MR) is 130 cm³/mol. The fraction of sp³-hybridized carbons (Fsp3) is 0.750. The molecule has 35 heavy (non-hydrogen) atoms. The second-order valence-electron chi connectivity index (χ2n) is 10.3. The Morgan fingerprint density at radius 2 is 1.51 bits per heavy atom. The van der Waals surface area contributed by atoms with Crippen LogP contribution in [0.4, 0.5) is 0 Å². The fourth-order valence-electron chi connectivity index (χ4n) is 4.38. The molecule has 2 rings (SSSR count). The van der Waals surface area contributed by atoms with Gasteiger partial charge in [0.25, 0.3) is 0 Å². The zero-order valence-electron chi connectivity index (χ0n) is 21.5. The molecule has 2 aliphatic rings. The van der Waals surface area contributed by atoms with Crippen LogP contribution in [0.15, 0.2) is 12.3 Å². The lowest BCUT2D eigenvalue weighted by molar-refractivity contribution is -0.142. The molecule has 2 N–H and O–H groups in total. The van der Waals surface area contributed by atoms with Crippen LogP contribution in [0, 0.1) is 11.3 Å². The highest BCUT2D eigenvalue weighted by atomic mass is 16.5. The van der Waals surface area contributed by atoms with Crippen molar-refractivity contribution >= 4 is 23.8 Å². The smallest absolute Gasteiger partial charge is 0.319 e. The minimum Gasteiger partial charge on any atom is -0.480 e. The molecule has 0 spiro atoms. The molecule has 11 nitrogen and oxygen atoms in total. The van der Waals surface area contributed by atoms with Gasteiger partial charge >= 0.3 is 11.9 Å². The lowest BCUT2D eigenvalue weighted by Crippen LogP contribution is -2.45. The summed E-state index contributed by atoms with van der Waals surface area (Å²) in [7, 11) is 1.33. The molecule has 1 unspecified atom stereocenters. The van der Waals surface area contributed by atoms with E-state index in [2.05, 4.69) is 11.9 Å². The van der Waals surface area contributed by atoms with Crippen LogP contribution >= 0.6 is 0 Å². The van der Waals surface area contributed by atoms with Crippen molar-refractivity contribution in [1.82, 2.24) is 24.9 Å². The number of carboxylic acid groups (broad SMARTS) is 1. The number of allylic oxidation sites excluding steroid dienone is 1. The Balaban J connectivity index is 1.89. The first kappa shape index (κ1) is 28.7. The Morgan fingerprint density at radius 1 is 1.00 bits per heavy atom. The summed E-state index contributed by atoms with van der Waals surface area (Å²) in [6, 6.07) is 0.